The number of carbonyl (C=O) groups excluding carboxylic acids is 2. The molecule has 4 rings (SSSR count). The van der Waals surface area contributed by atoms with E-state index in [0.29, 0.717) is 10.8 Å². The fraction of sp³-hybridized carbons (Fsp3) is 0.0455. The van der Waals surface area contributed by atoms with E-state index in [9.17, 15) is 14.0 Å². The SMILES string of the molecule is O=C(CSc1cccc(NC(=O)c2ccccc2F)c1)Nc1nc2ccccc2s1. The highest BCUT2D eigenvalue weighted by molar-refractivity contribution is 8.00. The molecule has 3 aromatic carbocycles. The number of hydrogen-bond donors (Lipinski definition) is 2. The summed E-state index contributed by atoms with van der Waals surface area (Å²) >= 11 is 2.76. The monoisotopic (exact) mass is 437 g/mol. The number of thioether (sulfide) groups is 1. The van der Waals surface area contributed by atoms with E-state index >= 15 is 0 Å². The number of aromatic nitrogens is 1. The van der Waals surface area contributed by atoms with Gasteiger partial charge in [0.15, 0.2) is 5.13 Å². The van der Waals surface area contributed by atoms with Crippen molar-refractivity contribution in [1.29, 1.82) is 0 Å². The van der Waals surface area contributed by atoms with Gasteiger partial charge in [-0.2, -0.15) is 0 Å². The van der Waals surface area contributed by atoms with Gasteiger partial charge in [-0.3, -0.25) is 9.59 Å². The van der Waals surface area contributed by atoms with Gasteiger partial charge in [-0.05, 0) is 42.5 Å². The number of rotatable bonds is 6. The number of nitrogens with one attached hydrogen (secondary N) is 2. The quantitative estimate of drug-likeness (QED) is 0.395. The minimum Gasteiger partial charge on any atom is -0.322 e. The lowest BCUT2D eigenvalue weighted by molar-refractivity contribution is -0.113. The minimum absolute atomic E-state index is 0.0224. The molecule has 0 spiro atoms. The first-order chi connectivity index (χ1) is 14.6. The number of hydrogen-bond acceptors (Lipinski definition) is 5. The van der Waals surface area contributed by atoms with Crippen LogP contribution in [0.15, 0.2) is 77.7 Å². The molecule has 0 aliphatic carbocycles. The van der Waals surface area contributed by atoms with Crippen LogP contribution in [0.3, 0.4) is 0 Å². The Labute approximate surface area is 180 Å². The Morgan fingerprint density at radius 2 is 1.77 bits per heavy atom. The summed E-state index contributed by atoms with van der Waals surface area (Å²) in [5.74, 6) is -1.07. The molecule has 0 aliphatic heterocycles. The Hall–Kier alpha value is -3.23. The molecule has 0 aliphatic rings. The van der Waals surface area contributed by atoms with Crippen LogP contribution in [0.25, 0.3) is 10.2 Å². The van der Waals surface area contributed by atoms with Crippen LogP contribution < -0.4 is 10.6 Å². The first kappa shape index (κ1) is 20.1. The summed E-state index contributed by atoms with van der Waals surface area (Å²) in [5.41, 5.74) is 1.36. The number of anilines is 2. The third-order valence-corrected chi connectivity index (χ3v) is 6.07. The molecule has 0 atom stereocenters. The number of benzene rings is 3. The zero-order chi connectivity index (χ0) is 20.9. The number of halogens is 1. The van der Waals surface area contributed by atoms with Crippen LogP contribution in [0.4, 0.5) is 15.2 Å². The number of nitrogens with zero attached hydrogens (tertiary/aromatic N) is 1. The lowest BCUT2D eigenvalue weighted by Gasteiger charge is -2.08. The Morgan fingerprint density at radius 3 is 2.60 bits per heavy atom. The molecular formula is C22H16FN3O2S2. The van der Waals surface area contributed by atoms with E-state index in [1.807, 2.05) is 30.3 Å². The Bertz CT molecular complexity index is 1190. The molecule has 8 heteroatoms. The molecule has 0 radical (unpaired) electrons. The van der Waals surface area contributed by atoms with Crippen LogP contribution in [-0.2, 0) is 4.79 Å². The lowest BCUT2D eigenvalue weighted by atomic mass is 10.2. The zero-order valence-electron chi connectivity index (χ0n) is 15.6. The first-order valence-corrected chi connectivity index (χ1v) is 10.8. The summed E-state index contributed by atoms with van der Waals surface area (Å²) < 4.78 is 14.8. The molecule has 1 heterocycles. The van der Waals surface area contributed by atoms with Crippen LogP contribution in [-0.4, -0.2) is 22.6 Å². The Kier molecular flexibility index (Phi) is 6.06. The van der Waals surface area contributed by atoms with Crippen LogP contribution in [0.5, 0.6) is 0 Å². The van der Waals surface area contributed by atoms with Gasteiger partial charge in [0.2, 0.25) is 5.91 Å². The third kappa shape index (κ3) is 4.84. The highest BCUT2D eigenvalue weighted by Crippen LogP contribution is 2.26. The van der Waals surface area contributed by atoms with Gasteiger partial charge in [0.25, 0.3) is 5.91 Å². The highest BCUT2D eigenvalue weighted by Gasteiger charge is 2.12. The van der Waals surface area contributed by atoms with Gasteiger partial charge >= 0.3 is 0 Å². The second kappa shape index (κ2) is 9.06. The van der Waals surface area contributed by atoms with E-state index in [-0.39, 0.29) is 17.2 Å². The van der Waals surface area contributed by atoms with Crippen LogP contribution in [0.1, 0.15) is 10.4 Å². The fourth-order valence-electron chi connectivity index (χ4n) is 2.74. The lowest BCUT2D eigenvalue weighted by Crippen LogP contribution is -2.14. The van der Waals surface area contributed by atoms with Crippen molar-refractivity contribution in [3.63, 3.8) is 0 Å². The van der Waals surface area contributed by atoms with Crippen LogP contribution in [0, 0.1) is 5.82 Å². The molecule has 1 aromatic heterocycles. The molecule has 0 saturated carbocycles. The summed E-state index contributed by atoms with van der Waals surface area (Å²) in [5, 5.41) is 6.06. The van der Waals surface area contributed by atoms with Gasteiger partial charge in [-0.1, -0.05) is 41.7 Å². The van der Waals surface area contributed by atoms with Crippen LogP contribution >= 0.6 is 23.1 Å². The maximum Gasteiger partial charge on any atom is 0.258 e. The van der Waals surface area contributed by atoms with Crippen molar-refractivity contribution in [1.82, 2.24) is 4.98 Å². The standard InChI is InChI=1S/C22H16FN3O2S2/c23-17-9-2-1-8-16(17)21(28)24-14-6-5-7-15(12-14)29-13-20(27)26-22-25-18-10-3-4-11-19(18)30-22/h1-12H,13H2,(H,24,28)(H,25,26,27). The molecule has 2 N–H and O–H groups in total. The normalized spacial score (nSPS) is 10.7. The second-order valence-corrected chi connectivity index (χ2v) is 8.36. The second-order valence-electron chi connectivity index (χ2n) is 6.29. The molecule has 5 nitrogen and oxygen atoms in total. The van der Waals surface area contributed by atoms with E-state index in [0.717, 1.165) is 15.1 Å². The average Bonchev–Trinajstić information content (AvgIpc) is 3.15. The van der Waals surface area contributed by atoms with E-state index in [4.69, 9.17) is 0 Å². The predicted molar refractivity (Wildman–Crippen MR) is 120 cm³/mol. The van der Waals surface area contributed by atoms with Gasteiger partial charge < -0.3 is 10.6 Å². The largest absolute Gasteiger partial charge is 0.322 e. The molecule has 2 amide bonds. The molecule has 0 saturated heterocycles. The summed E-state index contributed by atoms with van der Waals surface area (Å²) in [7, 11) is 0. The van der Waals surface area contributed by atoms with Gasteiger partial charge in [0.1, 0.15) is 5.82 Å². The molecule has 4 aromatic rings. The predicted octanol–water partition coefficient (Wildman–Crippen LogP) is 5.42. The summed E-state index contributed by atoms with van der Waals surface area (Å²) in [6.07, 6.45) is 0. The number of amides is 2. The van der Waals surface area contributed by atoms with Crippen molar-refractivity contribution >= 4 is 55.9 Å². The zero-order valence-corrected chi connectivity index (χ0v) is 17.2. The molecule has 0 fully saturated rings. The van der Waals surface area contributed by atoms with Gasteiger partial charge in [-0.25, -0.2) is 9.37 Å². The van der Waals surface area contributed by atoms with Crippen molar-refractivity contribution < 1.29 is 14.0 Å². The molecule has 150 valence electrons. The van der Waals surface area contributed by atoms with Crippen molar-refractivity contribution in [2.75, 3.05) is 16.4 Å². The maximum atomic E-state index is 13.8. The van der Waals surface area contributed by atoms with E-state index in [1.54, 1.807) is 24.3 Å². The third-order valence-electron chi connectivity index (χ3n) is 4.12. The van der Waals surface area contributed by atoms with Gasteiger partial charge in [0.05, 0.1) is 21.5 Å². The molecule has 0 unspecified atom stereocenters. The number of para-hydroxylation sites is 1. The fourth-order valence-corrected chi connectivity index (χ4v) is 4.37. The first-order valence-electron chi connectivity index (χ1n) is 9.03. The van der Waals surface area contributed by atoms with E-state index in [1.165, 1.54) is 41.3 Å². The highest BCUT2D eigenvalue weighted by atomic mass is 32.2. The van der Waals surface area contributed by atoms with Gasteiger partial charge in [0, 0.05) is 10.6 Å². The number of carbonyl (C=O) groups is 2. The minimum atomic E-state index is -0.577. The Morgan fingerprint density at radius 1 is 0.967 bits per heavy atom. The van der Waals surface area contributed by atoms with E-state index in [2.05, 4.69) is 15.6 Å². The topological polar surface area (TPSA) is 71.1 Å². The van der Waals surface area contributed by atoms with Crippen molar-refractivity contribution in [2.45, 2.75) is 4.90 Å². The maximum absolute atomic E-state index is 13.8. The summed E-state index contributed by atoms with van der Waals surface area (Å²) in [4.78, 5) is 29.7. The average molecular weight is 438 g/mol. The smallest absolute Gasteiger partial charge is 0.258 e. The van der Waals surface area contributed by atoms with Crippen molar-refractivity contribution in [2.24, 2.45) is 0 Å². The van der Waals surface area contributed by atoms with Gasteiger partial charge in [-0.15, -0.1) is 11.8 Å². The summed E-state index contributed by atoms with van der Waals surface area (Å²) in [6, 6.07) is 20.6. The van der Waals surface area contributed by atoms with Crippen molar-refractivity contribution in [3.05, 3.63) is 84.2 Å². The Balaban J connectivity index is 1.35. The molecule has 30 heavy (non-hydrogen) atoms. The molecular weight excluding hydrogens is 421 g/mol. The summed E-state index contributed by atoms with van der Waals surface area (Å²) in [6.45, 7) is 0. The van der Waals surface area contributed by atoms with E-state index < -0.39 is 11.7 Å². The number of thiazole rings is 1. The van der Waals surface area contributed by atoms with Crippen molar-refractivity contribution in [3.8, 4) is 0 Å². The molecule has 0 bridgehead atoms. The number of fused-ring (bicyclic) bond motifs is 1. The van der Waals surface area contributed by atoms with Crippen LogP contribution in [0.2, 0.25) is 0 Å².